The molecular formula is C24H36O2. The zero-order valence-electron chi connectivity index (χ0n) is 16.6. The minimum absolute atomic E-state index is 0.405. The minimum atomic E-state index is -0.405. The molecule has 0 spiro atoms. The summed E-state index contributed by atoms with van der Waals surface area (Å²) in [5.41, 5.74) is 1.23. The van der Waals surface area contributed by atoms with Crippen LogP contribution in [-0.2, 0) is 11.2 Å². The zero-order valence-corrected chi connectivity index (χ0v) is 16.6. The first-order valence-corrected chi connectivity index (χ1v) is 10.3. The molecule has 0 heterocycles. The summed E-state index contributed by atoms with van der Waals surface area (Å²) in [6, 6.07) is 7.79. The lowest BCUT2D eigenvalue weighted by Crippen LogP contribution is -2.03. The number of benzene rings is 1. The van der Waals surface area contributed by atoms with Crippen LogP contribution in [0.4, 0.5) is 0 Å². The normalized spacial score (nSPS) is 11.0. The van der Waals surface area contributed by atoms with E-state index in [-0.39, 0.29) is 0 Å². The van der Waals surface area contributed by atoms with Crippen LogP contribution < -0.4 is 4.74 Å². The number of rotatable bonds is 15. The molecule has 0 bridgehead atoms. The average Bonchev–Trinajstić information content (AvgIpc) is 2.65. The number of allylic oxidation sites excluding steroid dienone is 2. The van der Waals surface area contributed by atoms with Crippen LogP contribution in [0.5, 0.6) is 5.75 Å². The molecule has 2 heteroatoms. The summed E-state index contributed by atoms with van der Waals surface area (Å²) in [4.78, 5) is 11.2. The van der Waals surface area contributed by atoms with Crippen LogP contribution >= 0.6 is 0 Å². The van der Waals surface area contributed by atoms with Gasteiger partial charge in [-0.2, -0.15) is 0 Å². The van der Waals surface area contributed by atoms with Crippen molar-refractivity contribution in [3.05, 3.63) is 54.6 Å². The number of aryl methyl sites for hydroxylation is 1. The van der Waals surface area contributed by atoms with Crippen molar-refractivity contribution in [3.8, 4) is 5.75 Å². The highest BCUT2D eigenvalue weighted by Crippen LogP contribution is 2.16. The standard InChI is InChI=1S/C24H36O2/c1-3-5-6-7-8-9-10-11-12-13-14-15-16-18-22-19-17-20-23(21-22)26-24(25)4-2/h4,9-10,17,19-21H,2-3,5-8,11-16,18H2,1H3/b10-9+. The van der Waals surface area contributed by atoms with E-state index in [1.54, 1.807) is 0 Å². The second-order valence-electron chi connectivity index (χ2n) is 6.90. The Kier molecular flexibility index (Phi) is 13.2. The first-order chi connectivity index (χ1) is 12.8. The summed E-state index contributed by atoms with van der Waals surface area (Å²) in [6.07, 6.45) is 21.2. The van der Waals surface area contributed by atoms with Crippen molar-refractivity contribution in [1.29, 1.82) is 0 Å². The molecule has 26 heavy (non-hydrogen) atoms. The Morgan fingerprint density at radius 3 is 2.31 bits per heavy atom. The number of hydrogen-bond acceptors (Lipinski definition) is 2. The van der Waals surface area contributed by atoms with Crippen molar-refractivity contribution in [2.75, 3.05) is 0 Å². The van der Waals surface area contributed by atoms with Gasteiger partial charge in [-0.1, -0.05) is 76.3 Å². The van der Waals surface area contributed by atoms with Gasteiger partial charge in [-0.05, 0) is 56.2 Å². The Morgan fingerprint density at radius 2 is 1.62 bits per heavy atom. The molecule has 0 aromatic heterocycles. The van der Waals surface area contributed by atoms with Crippen molar-refractivity contribution in [2.24, 2.45) is 0 Å². The zero-order chi connectivity index (χ0) is 18.9. The molecule has 0 saturated carbocycles. The van der Waals surface area contributed by atoms with Crippen molar-refractivity contribution >= 4 is 5.97 Å². The maximum atomic E-state index is 11.2. The molecule has 144 valence electrons. The Morgan fingerprint density at radius 1 is 0.962 bits per heavy atom. The summed E-state index contributed by atoms with van der Waals surface area (Å²) < 4.78 is 5.16. The van der Waals surface area contributed by atoms with E-state index in [0.717, 1.165) is 6.42 Å². The third kappa shape index (κ3) is 11.7. The molecule has 0 aliphatic heterocycles. The highest BCUT2D eigenvalue weighted by atomic mass is 16.5. The van der Waals surface area contributed by atoms with E-state index in [2.05, 4.69) is 31.7 Å². The molecule has 0 aliphatic carbocycles. The smallest absolute Gasteiger partial charge is 0.335 e. The second-order valence-corrected chi connectivity index (χ2v) is 6.90. The van der Waals surface area contributed by atoms with Crippen molar-refractivity contribution in [3.63, 3.8) is 0 Å². The molecule has 1 aromatic carbocycles. The molecular weight excluding hydrogens is 320 g/mol. The summed E-state index contributed by atoms with van der Waals surface area (Å²) in [5.74, 6) is 0.200. The van der Waals surface area contributed by atoms with E-state index in [1.807, 2.05) is 18.2 Å². The largest absolute Gasteiger partial charge is 0.423 e. The van der Waals surface area contributed by atoms with Gasteiger partial charge in [-0.25, -0.2) is 4.79 Å². The van der Waals surface area contributed by atoms with Gasteiger partial charge in [-0.15, -0.1) is 0 Å². The number of hydrogen-bond donors (Lipinski definition) is 0. The monoisotopic (exact) mass is 356 g/mol. The topological polar surface area (TPSA) is 26.3 Å². The van der Waals surface area contributed by atoms with E-state index in [0.29, 0.717) is 5.75 Å². The van der Waals surface area contributed by atoms with Crippen LogP contribution in [0.3, 0.4) is 0 Å². The first kappa shape index (κ1) is 22.2. The third-order valence-corrected chi connectivity index (χ3v) is 4.51. The van der Waals surface area contributed by atoms with Crippen LogP contribution in [0.25, 0.3) is 0 Å². The van der Waals surface area contributed by atoms with Gasteiger partial charge < -0.3 is 4.74 Å². The van der Waals surface area contributed by atoms with E-state index in [4.69, 9.17) is 4.74 Å². The number of ether oxygens (including phenoxy) is 1. The van der Waals surface area contributed by atoms with E-state index in [1.165, 1.54) is 82.3 Å². The molecule has 0 unspecified atom stereocenters. The first-order valence-electron chi connectivity index (χ1n) is 10.3. The Labute approximate surface area is 160 Å². The lowest BCUT2D eigenvalue weighted by Gasteiger charge is -2.05. The van der Waals surface area contributed by atoms with Gasteiger partial charge in [0.25, 0.3) is 0 Å². The fraction of sp³-hybridized carbons (Fsp3) is 0.542. The van der Waals surface area contributed by atoms with E-state index in [9.17, 15) is 4.79 Å². The SMILES string of the molecule is C=CC(=O)Oc1cccc(CCCCCCC/C=C/CCCCCC)c1. The molecule has 0 amide bonds. The Balaban J connectivity index is 2.02. The van der Waals surface area contributed by atoms with Gasteiger partial charge >= 0.3 is 5.97 Å². The van der Waals surface area contributed by atoms with Crippen LogP contribution in [-0.4, -0.2) is 5.97 Å². The Hall–Kier alpha value is -1.83. The van der Waals surface area contributed by atoms with Crippen LogP contribution in [0, 0.1) is 0 Å². The van der Waals surface area contributed by atoms with Gasteiger partial charge in [0, 0.05) is 6.08 Å². The summed E-state index contributed by atoms with van der Waals surface area (Å²) in [5, 5.41) is 0. The highest BCUT2D eigenvalue weighted by molar-refractivity contribution is 5.83. The fourth-order valence-electron chi connectivity index (χ4n) is 2.97. The van der Waals surface area contributed by atoms with Crippen molar-refractivity contribution < 1.29 is 9.53 Å². The summed E-state index contributed by atoms with van der Waals surface area (Å²) >= 11 is 0. The molecule has 0 saturated heterocycles. The number of unbranched alkanes of at least 4 members (excludes halogenated alkanes) is 9. The Bertz CT molecular complexity index is 531. The van der Waals surface area contributed by atoms with Crippen molar-refractivity contribution in [1.82, 2.24) is 0 Å². The number of esters is 1. The predicted molar refractivity (Wildman–Crippen MR) is 112 cm³/mol. The summed E-state index contributed by atoms with van der Waals surface area (Å²) in [6.45, 7) is 5.67. The molecule has 1 rings (SSSR count). The molecule has 0 atom stereocenters. The van der Waals surface area contributed by atoms with Gasteiger partial charge in [0.2, 0.25) is 0 Å². The molecule has 1 aromatic rings. The molecule has 0 aliphatic rings. The maximum absolute atomic E-state index is 11.2. The number of carbonyl (C=O) groups excluding carboxylic acids is 1. The van der Waals surface area contributed by atoms with Gasteiger partial charge in [0.1, 0.15) is 5.75 Å². The second kappa shape index (κ2) is 15.4. The van der Waals surface area contributed by atoms with E-state index < -0.39 is 5.97 Å². The van der Waals surface area contributed by atoms with Gasteiger partial charge in [-0.3, -0.25) is 0 Å². The lowest BCUT2D eigenvalue weighted by atomic mass is 10.0. The predicted octanol–water partition coefficient (Wildman–Crippen LogP) is 7.19. The minimum Gasteiger partial charge on any atom is -0.423 e. The number of carbonyl (C=O) groups is 1. The quantitative estimate of drug-likeness (QED) is 0.109. The molecule has 0 radical (unpaired) electrons. The van der Waals surface area contributed by atoms with Crippen molar-refractivity contribution in [2.45, 2.75) is 84.0 Å². The lowest BCUT2D eigenvalue weighted by molar-refractivity contribution is -0.128. The highest BCUT2D eigenvalue weighted by Gasteiger charge is 2.01. The maximum Gasteiger partial charge on any atom is 0.335 e. The average molecular weight is 357 g/mol. The van der Waals surface area contributed by atoms with Gasteiger partial charge in [0.15, 0.2) is 0 Å². The van der Waals surface area contributed by atoms with Crippen LogP contribution in [0.2, 0.25) is 0 Å². The van der Waals surface area contributed by atoms with Crippen LogP contribution in [0.1, 0.15) is 83.1 Å². The molecule has 2 nitrogen and oxygen atoms in total. The third-order valence-electron chi connectivity index (χ3n) is 4.51. The fourth-order valence-corrected chi connectivity index (χ4v) is 2.97. The molecule has 0 fully saturated rings. The molecule has 0 N–H and O–H groups in total. The van der Waals surface area contributed by atoms with Crippen LogP contribution in [0.15, 0.2) is 49.1 Å². The van der Waals surface area contributed by atoms with Gasteiger partial charge in [0.05, 0.1) is 0 Å². The van der Waals surface area contributed by atoms with E-state index >= 15 is 0 Å². The summed E-state index contributed by atoms with van der Waals surface area (Å²) in [7, 11) is 0.